The second kappa shape index (κ2) is 12.4. The van der Waals surface area contributed by atoms with Gasteiger partial charge in [-0.05, 0) is 55.7 Å². The Kier molecular flexibility index (Phi) is 8.71. The van der Waals surface area contributed by atoms with Crippen molar-refractivity contribution in [2.45, 2.75) is 51.5 Å². The summed E-state index contributed by atoms with van der Waals surface area (Å²) >= 11 is 0. The number of benzene rings is 2. The molecule has 0 saturated carbocycles. The lowest BCUT2D eigenvalue weighted by Crippen LogP contribution is -2.35. The Morgan fingerprint density at radius 3 is 2.63 bits per heavy atom. The molecule has 0 aliphatic carbocycles. The van der Waals surface area contributed by atoms with Crippen LogP contribution in [0.5, 0.6) is 5.75 Å². The maximum atomic E-state index is 13.5. The molecule has 1 fully saturated rings. The number of H-pyrrole nitrogens is 1. The van der Waals surface area contributed by atoms with Gasteiger partial charge in [-0.25, -0.2) is 17.9 Å². The molecule has 11 nitrogen and oxygen atoms in total. The summed E-state index contributed by atoms with van der Waals surface area (Å²) in [6, 6.07) is 11.9. The first kappa shape index (κ1) is 28.8. The maximum Gasteiger partial charge on any atom is 0.277 e. The molecule has 0 amide bonds. The molecule has 41 heavy (non-hydrogen) atoms. The van der Waals surface area contributed by atoms with Crippen LogP contribution in [0.3, 0.4) is 0 Å². The van der Waals surface area contributed by atoms with Gasteiger partial charge in [0.05, 0.1) is 36.0 Å². The summed E-state index contributed by atoms with van der Waals surface area (Å²) in [4.78, 5) is 23.0. The topological polar surface area (TPSA) is 131 Å². The van der Waals surface area contributed by atoms with Gasteiger partial charge in [0.1, 0.15) is 11.6 Å². The second-order valence-electron chi connectivity index (χ2n) is 9.93. The lowest BCUT2D eigenvalue weighted by Gasteiger charge is -2.26. The van der Waals surface area contributed by atoms with Crippen LogP contribution < -0.4 is 15.0 Å². The predicted octanol–water partition coefficient (Wildman–Crippen LogP) is 3.63. The SMILES string of the molecule is CCCc1nc(CC)c2c(=O)[nH]c(-c3cc(S(=O)(=O)Nc4cccc(CN5CCOCC5)c4)ccc3OCC)nn12. The molecule has 0 spiro atoms. The number of aromatic nitrogens is 4. The molecule has 1 saturated heterocycles. The Hall–Kier alpha value is -3.74. The van der Waals surface area contributed by atoms with Crippen molar-refractivity contribution in [3.8, 4) is 17.1 Å². The Morgan fingerprint density at radius 1 is 1.10 bits per heavy atom. The summed E-state index contributed by atoms with van der Waals surface area (Å²) in [6.07, 6.45) is 2.08. The van der Waals surface area contributed by atoms with E-state index in [0.29, 0.717) is 73.2 Å². The summed E-state index contributed by atoms with van der Waals surface area (Å²) in [6.45, 7) is 9.94. The second-order valence-corrected chi connectivity index (χ2v) is 11.6. The highest BCUT2D eigenvalue weighted by atomic mass is 32.2. The van der Waals surface area contributed by atoms with Crippen LogP contribution in [0, 0.1) is 0 Å². The first-order chi connectivity index (χ1) is 19.8. The van der Waals surface area contributed by atoms with E-state index in [2.05, 4.69) is 19.6 Å². The summed E-state index contributed by atoms with van der Waals surface area (Å²) < 4.78 is 42.6. The lowest BCUT2D eigenvalue weighted by atomic mass is 10.2. The van der Waals surface area contributed by atoms with Crippen LogP contribution in [-0.2, 0) is 34.1 Å². The van der Waals surface area contributed by atoms with Crippen molar-refractivity contribution in [1.29, 1.82) is 0 Å². The number of imidazole rings is 1. The van der Waals surface area contributed by atoms with Gasteiger partial charge in [-0.3, -0.25) is 14.4 Å². The Labute approximate surface area is 239 Å². The third kappa shape index (κ3) is 6.29. The van der Waals surface area contributed by atoms with Crippen molar-refractivity contribution in [3.63, 3.8) is 0 Å². The van der Waals surface area contributed by atoms with Crippen molar-refractivity contribution >= 4 is 21.2 Å². The number of nitrogens with zero attached hydrogens (tertiary/aromatic N) is 4. The first-order valence-electron chi connectivity index (χ1n) is 14.0. The van der Waals surface area contributed by atoms with E-state index in [0.717, 1.165) is 25.1 Å². The van der Waals surface area contributed by atoms with E-state index in [1.807, 2.05) is 39.0 Å². The molecule has 0 unspecified atom stereocenters. The van der Waals surface area contributed by atoms with Crippen LogP contribution in [0.15, 0.2) is 52.2 Å². The number of ether oxygens (including phenoxy) is 2. The summed E-state index contributed by atoms with van der Waals surface area (Å²) in [7, 11) is -3.97. The number of sulfonamides is 1. The largest absolute Gasteiger partial charge is 0.493 e. The smallest absolute Gasteiger partial charge is 0.277 e. The third-order valence-electron chi connectivity index (χ3n) is 6.95. The molecular formula is C29H36N6O5S. The number of rotatable bonds is 11. The fourth-order valence-electron chi connectivity index (χ4n) is 4.99. The van der Waals surface area contributed by atoms with Crippen LogP contribution in [0.4, 0.5) is 5.69 Å². The molecule has 1 aliphatic rings. The van der Waals surface area contributed by atoms with Gasteiger partial charge < -0.3 is 14.5 Å². The molecule has 0 atom stereocenters. The van der Waals surface area contributed by atoms with E-state index in [1.165, 1.54) is 12.1 Å². The van der Waals surface area contributed by atoms with Crippen molar-refractivity contribution < 1.29 is 17.9 Å². The van der Waals surface area contributed by atoms with Gasteiger partial charge in [-0.1, -0.05) is 26.0 Å². The van der Waals surface area contributed by atoms with Gasteiger partial charge >= 0.3 is 0 Å². The van der Waals surface area contributed by atoms with Gasteiger partial charge in [0, 0.05) is 31.7 Å². The minimum atomic E-state index is -3.97. The van der Waals surface area contributed by atoms with Crippen molar-refractivity contribution in [2.75, 3.05) is 37.6 Å². The predicted molar refractivity (Wildman–Crippen MR) is 157 cm³/mol. The molecule has 3 heterocycles. The highest BCUT2D eigenvalue weighted by Gasteiger charge is 2.22. The lowest BCUT2D eigenvalue weighted by molar-refractivity contribution is 0.0342. The quantitative estimate of drug-likeness (QED) is 0.275. The average molecular weight is 581 g/mol. The number of fused-ring (bicyclic) bond motifs is 1. The molecule has 2 aromatic heterocycles. The van der Waals surface area contributed by atoms with Crippen molar-refractivity contribution in [2.24, 2.45) is 0 Å². The van der Waals surface area contributed by atoms with Crippen LogP contribution in [0.25, 0.3) is 16.9 Å². The molecule has 1 aliphatic heterocycles. The van der Waals surface area contributed by atoms with Crippen LogP contribution >= 0.6 is 0 Å². The van der Waals surface area contributed by atoms with Gasteiger partial charge in [0.15, 0.2) is 11.3 Å². The zero-order valence-electron chi connectivity index (χ0n) is 23.6. The van der Waals surface area contributed by atoms with E-state index in [-0.39, 0.29) is 16.3 Å². The number of morpholine rings is 1. The minimum Gasteiger partial charge on any atom is -0.493 e. The van der Waals surface area contributed by atoms with Crippen molar-refractivity contribution in [3.05, 3.63) is 69.9 Å². The molecule has 12 heteroatoms. The van der Waals surface area contributed by atoms with Crippen LogP contribution in [0.1, 0.15) is 44.3 Å². The fraction of sp³-hybridized carbons (Fsp3) is 0.414. The number of hydrogen-bond donors (Lipinski definition) is 2. The van der Waals surface area contributed by atoms with E-state index in [1.54, 1.807) is 16.6 Å². The van der Waals surface area contributed by atoms with E-state index < -0.39 is 10.0 Å². The first-order valence-corrected chi connectivity index (χ1v) is 15.5. The van der Waals surface area contributed by atoms with Gasteiger partial charge in [0.2, 0.25) is 0 Å². The Bertz CT molecular complexity index is 1690. The highest BCUT2D eigenvalue weighted by molar-refractivity contribution is 7.92. The molecule has 0 radical (unpaired) electrons. The van der Waals surface area contributed by atoms with E-state index in [9.17, 15) is 13.2 Å². The average Bonchev–Trinajstić information content (AvgIpc) is 3.32. The highest BCUT2D eigenvalue weighted by Crippen LogP contribution is 2.31. The summed E-state index contributed by atoms with van der Waals surface area (Å²) in [5.41, 5.74) is 2.57. The normalized spacial score (nSPS) is 14.4. The monoisotopic (exact) mass is 580 g/mol. The van der Waals surface area contributed by atoms with E-state index >= 15 is 0 Å². The molecule has 4 aromatic rings. The molecule has 5 rings (SSSR count). The molecule has 2 N–H and O–H groups in total. The summed E-state index contributed by atoms with van der Waals surface area (Å²) in [5, 5.41) is 4.70. The number of aromatic amines is 1. The summed E-state index contributed by atoms with van der Waals surface area (Å²) in [5.74, 6) is 1.30. The Balaban J connectivity index is 1.50. The number of aryl methyl sites for hydroxylation is 2. The van der Waals surface area contributed by atoms with Gasteiger partial charge in [0.25, 0.3) is 15.6 Å². The third-order valence-corrected chi connectivity index (χ3v) is 8.33. The minimum absolute atomic E-state index is 0.0194. The molecule has 0 bridgehead atoms. The standard InChI is InChI=1S/C29H36N6O5S/c1-4-8-26-30-24(5-2)27-29(36)31-28(32-35(26)27)23-18-22(11-12-25(23)40-6-3)41(37,38)33-21-10-7-9-20(17-21)19-34-13-15-39-16-14-34/h7,9-12,17-18,33H,4-6,8,13-16,19H2,1-3H3,(H,31,32,36). The number of nitrogens with one attached hydrogen (secondary N) is 2. The van der Waals surface area contributed by atoms with Gasteiger partial charge in [-0.2, -0.15) is 0 Å². The van der Waals surface area contributed by atoms with Crippen LogP contribution in [-0.4, -0.2) is 65.8 Å². The number of hydrogen-bond acceptors (Lipinski definition) is 8. The zero-order valence-corrected chi connectivity index (χ0v) is 24.5. The molecule has 218 valence electrons. The Morgan fingerprint density at radius 2 is 1.90 bits per heavy atom. The van der Waals surface area contributed by atoms with E-state index in [4.69, 9.17) is 14.6 Å². The van der Waals surface area contributed by atoms with Crippen LogP contribution in [0.2, 0.25) is 0 Å². The molecule has 2 aromatic carbocycles. The number of anilines is 1. The fourth-order valence-corrected chi connectivity index (χ4v) is 6.07. The maximum absolute atomic E-state index is 13.5. The molecular weight excluding hydrogens is 544 g/mol. The van der Waals surface area contributed by atoms with Crippen molar-refractivity contribution in [1.82, 2.24) is 24.5 Å². The van der Waals surface area contributed by atoms with Gasteiger partial charge in [-0.15, -0.1) is 5.10 Å². The zero-order chi connectivity index (χ0) is 29.0.